The fraction of sp³-hybridized carbons (Fsp3) is 0.480. The molecule has 190 valence electrons. The molecule has 1 saturated heterocycles. The Hall–Kier alpha value is -2.62. The monoisotopic (exact) mass is 503 g/mol. The van der Waals surface area contributed by atoms with Crippen LogP contribution in [0.1, 0.15) is 73.3 Å². The van der Waals surface area contributed by atoms with Crippen molar-refractivity contribution in [2.24, 2.45) is 0 Å². The standard InChI is InChI=1S/C25H24F7NO2/c1-14(16-11-17(24(27,28)29)13-18(12-16)25(30,31)32)35-23(21-8-9-22(34)33-21)10-2-3-20(23)15-4-6-19(26)7-5-15/h4-7,11-14,20-21H,2-3,8-10H2,1H3,(H,33,34)/t14-,20-,21-,23-/m1/s1. The molecule has 1 saturated carbocycles. The molecule has 0 unspecified atom stereocenters. The summed E-state index contributed by atoms with van der Waals surface area (Å²) in [5.74, 6) is -0.972. The van der Waals surface area contributed by atoms with Gasteiger partial charge in [-0.05, 0) is 74.1 Å². The zero-order chi connectivity index (χ0) is 25.6. The second-order valence-corrected chi connectivity index (χ2v) is 9.21. The minimum absolute atomic E-state index is 0.0834. The molecular weight excluding hydrogens is 479 g/mol. The first-order valence-electron chi connectivity index (χ1n) is 11.3. The average Bonchev–Trinajstić information content (AvgIpc) is 3.40. The Labute approximate surface area is 197 Å². The molecule has 1 amide bonds. The first-order valence-corrected chi connectivity index (χ1v) is 11.3. The van der Waals surface area contributed by atoms with E-state index in [1.54, 1.807) is 12.1 Å². The number of amides is 1. The molecule has 1 N–H and O–H groups in total. The average molecular weight is 503 g/mol. The topological polar surface area (TPSA) is 38.3 Å². The molecule has 1 aliphatic heterocycles. The van der Waals surface area contributed by atoms with Crippen LogP contribution in [-0.4, -0.2) is 17.6 Å². The molecule has 0 aromatic heterocycles. The minimum Gasteiger partial charge on any atom is -0.365 e. The van der Waals surface area contributed by atoms with Gasteiger partial charge in [0.25, 0.3) is 0 Å². The van der Waals surface area contributed by atoms with E-state index in [1.165, 1.54) is 19.1 Å². The number of benzene rings is 2. The van der Waals surface area contributed by atoms with Gasteiger partial charge in [0.1, 0.15) is 5.82 Å². The van der Waals surface area contributed by atoms with E-state index in [-0.39, 0.29) is 29.9 Å². The highest BCUT2D eigenvalue weighted by atomic mass is 19.4. The van der Waals surface area contributed by atoms with Crippen molar-refractivity contribution in [1.82, 2.24) is 5.32 Å². The highest BCUT2D eigenvalue weighted by Gasteiger charge is 2.53. The molecule has 1 aliphatic carbocycles. The van der Waals surface area contributed by atoms with Crippen molar-refractivity contribution in [2.75, 3.05) is 0 Å². The third-order valence-corrected chi connectivity index (χ3v) is 6.98. The van der Waals surface area contributed by atoms with Crippen LogP contribution >= 0.6 is 0 Å². The van der Waals surface area contributed by atoms with Gasteiger partial charge in [0.05, 0.1) is 28.9 Å². The Kier molecular flexibility index (Phi) is 6.63. The number of alkyl halides is 6. The van der Waals surface area contributed by atoms with Gasteiger partial charge in [-0.1, -0.05) is 12.1 Å². The quantitative estimate of drug-likeness (QED) is 0.450. The van der Waals surface area contributed by atoms with Crippen molar-refractivity contribution in [1.29, 1.82) is 0 Å². The Balaban J connectivity index is 1.75. The van der Waals surface area contributed by atoms with Gasteiger partial charge < -0.3 is 10.1 Å². The maximum Gasteiger partial charge on any atom is 0.416 e. The van der Waals surface area contributed by atoms with Gasteiger partial charge in [-0.3, -0.25) is 4.79 Å². The lowest BCUT2D eigenvalue weighted by Crippen LogP contribution is -2.52. The number of rotatable bonds is 5. The third-order valence-electron chi connectivity index (χ3n) is 6.98. The normalized spacial score (nSPS) is 26.1. The number of ether oxygens (including phenoxy) is 1. The summed E-state index contributed by atoms with van der Waals surface area (Å²) in [5, 5.41) is 2.88. The van der Waals surface area contributed by atoms with Crippen LogP contribution in [0.3, 0.4) is 0 Å². The van der Waals surface area contributed by atoms with E-state index in [2.05, 4.69) is 5.32 Å². The van der Waals surface area contributed by atoms with Crippen molar-refractivity contribution >= 4 is 5.91 Å². The van der Waals surface area contributed by atoms with Crippen LogP contribution in [0, 0.1) is 5.82 Å². The lowest BCUT2D eigenvalue weighted by Gasteiger charge is -2.43. The Morgan fingerprint density at radius 1 is 0.971 bits per heavy atom. The largest absolute Gasteiger partial charge is 0.416 e. The third kappa shape index (κ3) is 5.17. The Bertz CT molecular complexity index is 1050. The second-order valence-electron chi connectivity index (χ2n) is 9.21. The van der Waals surface area contributed by atoms with Crippen LogP contribution in [0.25, 0.3) is 0 Å². The van der Waals surface area contributed by atoms with Crippen molar-refractivity contribution < 1.29 is 40.3 Å². The molecule has 1 heterocycles. The summed E-state index contributed by atoms with van der Waals surface area (Å²) in [5.41, 5.74) is -3.43. The van der Waals surface area contributed by atoms with Gasteiger partial charge >= 0.3 is 12.4 Å². The fourth-order valence-electron chi connectivity index (χ4n) is 5.38. The molecule has 2 aromatic carbocycles. The van der Waals surface area contributed by atoms with E-state index in [9.17, 15) is 35.5 Å². The molecule has 0 bridgehead atoms. The number of hydrogen-bond acceptors (Lipinski definition) is 2. The Morgan fingerprint density at radius 3 is 2.09 bits per heavy atom. The fourth-order valence-corrected chi connectivity index (χ4v) is 5.38. The summed E-state index contributed by atoms with van der Waals surface area (Å²) in [6, 6.07) is 6.71. The van der Waals surface area contributed by atoms with Gasteiger partial charge in [0.15, 0.2) is 0 Å². The predicted molar refractivity (Wildman–Crippen MR) is 113 cm³/mol. The number of hydrogen-bond donors (Lipinski definition) is 1. The molecule has 4 rings (SSSR count). The van der Waals surface area contributed by atoms with Crippen LogP contribution in [-0.2, 0) is 21.9 Å². The summed E-state index contributed by atoms with van der Waals surface area (Å²) in [7, 11) is 0. The Morgan fingerprint density at radius 2 is 1.57 bits per heavy atom. The maximum atomic E-state index is 13.5. The van der Waals surface area contributed by atoms with Crippen molar-refractivity contribution in [2.45, 2.75) is 75.0 Å². The molecule has 2 fully saturated rings. The SMILES string of the molecule is C[C@@H](O[C@]1([C@H]2CCC(=O)N2)CCC[C@@H]1c1ccc(F)cc1)c1cc(C(F)(F)F)cc(C(F)(F)F)c1. The number of halogens is 7. The molecule has 4 atom stereocenters. The van der Waals surface area contributed by atoms with Crippen LogP contribution < -0.4 is 5.32 Å². The van der Waals surface area contributed by atoms with Crippen LogP contribution in [0.15, 0.2) is 42.5 Å². The summed E-state index contributed by atoms with van der Waals surface area (Å²) in [6.07, 6.45) is -8.72. The molecular formula is C25H24F7NO2. The van der Waals surface area contributed by atoms with E-state index in [1.807, 2.05) is 0 Å². The molecule has 3 nitrogen and oxygen atoms in total. The highest BCUT2D eigenvalue weighted by Crippen LogP contribution is 2.51. The van der Waals surface area contributed by atoms with Gasteiger partial charge in [-0.15, -0.1) is 0 Å². The van der Waals surface area contributed by atoms with Crippen molar-refractivity contribution in [3.63, 3.8) is 0 Å². The molecule has 2 aromatic rings. The van der Waals surface area contributed by atoms with E-state index >= 15 is 0 Å². The summed E-state index contributed by atoms with van der Waals surface area (Å²) < 4.78 is 100. The molecule has 10 heteroatoms. The summed E-state index contributed by atoms with van der Waals surface area (Å²) in [4.78, 5) is 12.0. The number of carbonyl (C=O) groups is 1. The molecule has 35 heavy (non-hydrogen) atoms. The van der Waals surface area contributed by atoms with Gasteiger partial charge in [0, 0.05) is 12.3 Å². The molecule has 0 spiro atoms. The van der Waals surface area contributed by atoms with Crippen LogP contribution in [0.2, 0.25) is 0 Å². The second kappa shape index (κ2) is 9.11. The zero-order valence-corrected chi connectivity index (χ0v) is 18.8. The van der Waals surface area contributed by atoms with E-state index in [4.69, 9.17) is 4.74 Å². The van der Waals surface area contributed by atoms with Gasteiger partial charge in [0.2, 0.25) is 5.91 Å². The molecule has 0 radical (unpaired) electrons. The zero-order valence-electron chi connectivity index (χ0n) is 18.8. The smallest absolute Gasteiger partial charge is 0.365 e. The lowest BCUT2D eigenvalue weighted by atomic mass is 9.78. The van der Waals surface area contributed by atoms with Crippen LogP contribution in [0.5, 0.6) is 0 Å². The van der Waals surface area contributed by atoms with Crippen molar-refractivity contribution in [3.8, 4) is 0 Å². The van der Waals surface area contributed by atoms with Gasteiger partial charge in [-0.25, -0.2) is 4.39 Å². The van der Waals surface area contributed by atoms with E-state index < -0.39 is 47.0 Å². The predicted octanol–water partition coefficient (Wildman–Crippen LogP) is 6.93. The maximum absolute atomic E-state index is 13.5. The van der Waals surface area contributed by atoms with Crippen molar-refractivity contribution in [3.05, 3.63) is 70.5 Å². The summed E-state index contributed by atoms with van der Waals surface area (Å²) >= 11 is 0. The first-order chi connectivity index (χ1) is 16.3. The van der Waals surface area contributed by atoms with Gasteiger partial charge in [-0.2, -0.15) is 26.3 Å². The number of carbonyl (C=O) groups excluding carboxylic acids is 1. The highest BCUT2D eigenvalue weighted by molar-refractivity contribution is 5.78. The van der Waals surface area contributed by atoms with Crippen LogP contribution in [0.4, 0.5) is 30.7 Å². The lowest BCUT2D eigenvalue weighted by molar-refractivity contribution is -0.144. The van der Waals surface area contributed by atoms with E-state index in [0.29, 0.717) is 37.8 Å². The number of nitrogens with one attached hydrogen (secondary N) is 1. The minimum atomic E-state index is -4.98. The van der Waals surface area contributed by atoms with E-state index in [0.717, 1.165) is 5.56 Å². The summed E-state index contributed by atoms with van der Waals surface area (Å²) in [6.45, 7) is 1.41. The molecule has 2 aliphatic rings. The first kappa shape index (κ1) is 25.5.